The van der Waals surface area contributed by atoms with Crippen LogP contribution in [0.5, 0.6) is 0 Å². The number of unbranched alkanes of at least 4 members (excludes halogenated alkanes) is 2. The van der Waals surface area contributed by atoms with Gasteiger partial charge >= 0.3 is 0 Å². The number of non-ortho nitro benzene ring substituents is 1. The molecule has 0 heterocycles. The number of hydrogen-bond acceptors (Lipinski definition) is 3. The standard InChI is InChI=1S/C14H18N2O2/c1-15(2)12-6-4-3-5-7-13-8-10-14(11-9-13)16(17)18/h8-11H,3-4,6,12H2,1-2H3. The van der Waals surface area contributed by atoms with Gasteiger partial charge in [-0.2, -0.15) is 0 Å². The Kier molecular flexibility index (Phi) is 5.89. The van der Waals surface area contributed by atoms with Crippen molar-refractivity contribution >= 4 is 5.69 Å². The van der Waals surface area contributed by atoms with E-state index in [0.29, 0.717) is 0 Å². The van der Waals surface area contributed by atoms with E-state index >= 15 is 0 Å². The van der Waals surface area contributed by atoms with Gasteiger partial charge in [0.25, 0.3) is 5.69 Å². The lowest BCUT2D eigenvalue weighted by Gasteiger charge is -2.06. The van der Waals surface area contributed by atoms with Gasteiger partial charge in [0.05, 0.1) is 4.92 Å². The molecule has 0 amide bonds. The summed E-state index contributed by atoms with van der Waals surface area (Å²) in [7, 11) is 4.12. The van der Waals surface area contributed by atoms with Gasteiger partial charge in [0.1, 0.15) is 0 Å². The van der Waals surface area contributed by atoms with Crippen molar-refractivity contribution in [3.8, 4) is 11.8 Å². The molecule has 0 bridgehead atoms. The van der Waals surface area contributed by atoms with E-state index in [1.165, 1.54) is 12.1 Å². The molecule has 0 aliphatic heterocycles. The molecular formula is C14H18N2O2. The van der Waals surface area contributed by atoms with E-state index in [-0.39, 0.29) is 5.69 Å². The molecule has 0 atom stereocenters. The highest BCUT2D eigenvalue weighted by Crippen LogP contribution is 2.10. The lowest BCUT2D eigenvalue weighted by atomic mass is 10.2. The van der Waals surface area contributed by atoms with Gasteiger partial charge in [-0.3, -0.25) is 10.1 Å². The molecule has 0 aliphatic carbocycles. The highest BCUT2D eigenvalue weighted by molar-refractivity contribution is 5.40. The molecule has 4 nitrogen and oxygen atoms in total. The second-order valence-corrected chi connectivity index (χ2v) is 4.37. The Morgan fingerprint density at radius 3 is 2.44 bits per heavy atom. The minimum Gasteiger partial charge on any atom is -0.309 e. The summed E-state index contributed by atoms with van der Waals surface area (Å²) < 4.78 is 0. The van der Waals surface area contributed by atoms with Crippen molar-refractivity contribution in [3.05, 3.63) is 39.9 Å². The summed E-state index contributed by atoms with van der Waals surface area (Å²) in [5.41, 5.74) is 0.930. The van der Waals surface area contributed by atoms with E-state index in [4.69, 9.17) is 0 Å². The molecule has 0 saturated carbocycles. The third-order valence-electron chi connectivity index (χ3n) is 2.47. The highest BCUT2D eigenvalue weighted by atomic mass is 16.6. The van der Waals surface area contributed by atoms with Gasteiger partial charge in [-0.05, 0) is 45.6 Å². The van der Waals surface area contributed by atoms with E-state index in [1.54, 1.807) is 12.1 Å². The summed E-state index contributed by atoms with van der Waals surface area (Å²) in [4.78, 5) is 12.2. The van der Waals surface area contributed by atoms with Crippen LogP contribution in [0.15, 0.2) is 24.3 Å². The summed E-state index contributed by atoms with van der Waals surface area (Å²) in [6, 6.07) is 6.34. The molecule has 1 aromatic carbocycles. The van der Waals surface area contributed by atoms with Gasteiger partial charge in [0.15, 0.2) is 0 Å². The van der Waals surface area contributed by atoms with Crippen molar-refractivity contribution in [2.24, 2.45) is 0 Å². The first-order chi connectivity index (χ1) is 8.59. The Morgan fingerprint density at radius 1 is 1.22 bits per heavy atom. The molecule has 0 saturated heterocycles. The van der Waals surface area contributed by atoms with Gasteiger partial charge in [0.2, 0.25) is 0 Å². The van der Waals surface area contributed by atoms with Crippen molar-refractivity contribution in [2.75, 3.05) is 20.6 Å². The first-order valence-electron chi connectivity index (χ1n) is 5.97. The SMILES string of the molecule is CN(C)CCCCC#Cc1ccc([N+](=O)[O-])cc1. The Hall–Kier alpha value is -1.86. The number of rotatable bonds is 5. The summed E-state index contributed by atoms with van der Waals surface area (Å²) >= 11 is 0. The maximum atomic E-state index is 10.5. The molecule has 0 N–H and O–H groups in total. The third-order valence-corrected chi connectivity index (χ3v) is 2.47. The molecule has 0 unspecified atom stereocenters. The van der Waals surface area contributed by atoms with Gasteiger partial charge in [-0.1, -0.05) is 11.8 Å². The van der Waals surface area contributed by atoms with E-state index in [0.717, 1.165) is 31.4 Å². The van der Waals surface area contributed by atoms with E-state index in [1.807, 2.05) is 0 Å². The van der Waals surface area contributed by atoms with Gasteiger partial charge in [-0.25, -0.2) is 0 Å². The molecule has 18 heavy (non-hydrogen) atoms. The molecule has 4 heteroatoms. The van der Waals surface area contributed by atoms with Crippen LogP contribution in [0.2, 0.25) is 0 Å². The number of hydrogen-bond donors (Lipinski definition) is 0. The van der Waals surface area contributed by atoms with Crippen LogP contribution in [0.3, 0.4) is 0 Å². The van der Waals surface area contributed by atoms with E-state index in [9.17, 15) is 10.1 Å². The molecular weight excluding hydrogens is 228 g/mol. The number of nitrogens with zero attached hydrogens (tertiary/aromatic N) is 2. The van der Waals surface area contributed by atoms with Crippen LogP contribution in [0, 0.1) is 22.0 Å². The lowest BCUT2D eigenvalue weighted by molar-refractivity contribution is -0.384. The number of nitro benzene ring substituents is 1. The van der Waals surface area contributed by atoms with Crippen molar-refractivity contribution in [2.45, 2.75) is 19.3 Å². The summed E-state index contributed by atoms with van der Waals surface area (Å²) in [6.07, 6.45) is 3.09. The predicted molar refractivity (Wildman–Crippen MR) is 72.4 cm³/mol. The van der Waals surface area contributed by atoms with Crippen LogP contribution >= 0.6 is 0 Å². The third kappa shape index (κ3) is 5.46. The Balaban J connectivity index is 2.36. The monoisotopic (exact) mass is 246 g/mol. The van der Waals surface area contributed by atoms with Crippen LogP contribution < -0.4 is 0 Å². The molecule has 96 valence electrons. The Morgan fingerprint density at radius 2 is 1.89 bits per heavy atom. The zero-order valence-corrected chi connectivity index (χ0v) is 10.8. The van der Waals surface area contributed by atoms with Crippen LogP contribution in [-0.2, 0) is 0 Å². The molecule has 1 aromatic rings. The molecule has 0 fully saturated rings. The predicted octanol–water partition coefficient (Wildman–Crippen LogP) is 2.68. The zero-order chi connectivity index (χ0) is 13.4. The van der Waals surface area contributed by atoms with E-state index < -0.39 is 4.92 Å². The minimum atomic E-state index is -0.404. The summed E-state index contributed by atoms with van der Waals surface area (Å²) in [6.45, 7) is 1.08. The second kappa shape index (κ2) is 7.46. The normalized spacial score (nSPS) is 9.94. The average Bonchev–Trinajstić information content (AvgIpc) is 2.34. The Bertz CT molecular complexity index is 441. The molecule has 0 aliphatic rings. The number of nitro groups is 1. The lowest BCUT2D eigenvalue weighted by Crippen LogP contribution is -2.12. The van der Waals surface area contributed by atoms with Crippen molar-refractivity contribution in [1.29, 1.82) is 0 Å². The molecule has 1 rings (SSSR count). The largest absolute Gasteiger partial charge is 0.309 e. The molecule has 0 spiro atoms. The van der Waals surface area contributed by atoms with Crippen molar-refractivity contribution in [1.82, 2.24) is 4.90 Å². The van der Waals surface area contributed by atoms with Crippen molar-refractivity contribution in [3.63, 3.8) is 0 Å². The highest BCUT2D eigenvalue weighted by Gasteiger charge is 2.01. The average molecular weight is 246 g/mol. The van der Waals surface area contributed by atoms with Crippen molar-refractivity contribution < 1.29 is 4.92 Å². The van der Waals surface area contributed by atoms with Gasteiger partial charge < -0.3 is 4.90 Å². The summed E-state index contributed by atoms with van der Waals surface area (Å²) in [5.74, 6) is 6.10. The smallest absolute Gasteiger partial charge is 0.269 e. The first-order valence-corrected chi connectivity index (χ1v) is 5.97. The topological polar surface area (TPSA) is 46.4 Å². The summed E-state index contributed by atoms with van der Waals surface area (Å²) in [5, 5.41) is 10.5. The van der Waals surface area contributed by atoms with Gasteiger partial charge in [-0.15, -0.1) is 0 Å². The number of benzene rings is 1. The minimum absolute atomic E-state index is 0.103. The van der Waals surface area contributed by atoms with E-state index in [2.05, 4.69) is 30.8 Å². The van der Waals surface area contributed by atoms with Crippen LogP contribution in [-0.4, -0.2) is 30.5 Å². The first kappa shape index (κ1) is 14.2. The molecule has 0 radical (unpaired) electrons. The zero-order valence-electron chi connectivity index (χ0n) is 10.8. The van der Waals surface area contributed by atoms with Crippen LogP contribution in [0.1, 0.15) is 24.8 Å². The maximum Gasteiger partial charge on any atom is 0.269 e. The maximum absolute atomic E-state index is 10.5. The van der Waals surface area contributed by atoms with Crippen LogP contribution in [0.25, 0.3) is 0 Å². The van der Waals surface area contributed by atoms with Gasteiger partial charge in [0, 0.05) is 24.1 Å². The fourth-order valence-corrected chi connectivity index (χ4v) is 1.47. The Labute approximate surface area is 108 Å². The molecule has 0 aromatic heterocycles. The second-order valence-electron chi connectivity index (χ2n) is 4.37. The van der Waals surface area contributed by atoms with Crippen LogP contribution in [0.4, 0.5) is 5.69 Å². The fraction of sp³-hybridized carbons (Fsp3) is 0.429. The quantitative estimate of drug-likeness (QED) is 0.347. The fourth-order valence-electron chi connectivity index (χ4n) is 1.47.